The van der Waals surface area contributed by atoms with Crippen LogP contribution < -0.4 is 5.73 Å². The molecular formula is C26H21N5. The Bertz CT molecular complexity index is 1480. The van der Waals surface area contributed by atoms with E-state index in [1.165, 1.54) is 0 Å². The summed E-state index contributed by atoms with van der Waals surface area (Å²) in [5.41, 5.74) is 14.9. The van der Waals surface area contributed by atoms with E-state index in [-0.39, 0.29) is 0 Å². The molecule has 0 radical (unpaired) electrons. The third-order valence-electron chi connectivity index (χ3n) is 5.77. The lowest BCUT2D eigenvalue weighted by Gasteiger charge is -2.26. The smallest absolute Gasteiger partial charge is 0.0659 e. The lowest BCUT2D eigenvalue weighted by molar-refractivity contribution is 0.571. The topological polar surface area (TPSA) is 83.4 Å². The quantitative estimate of drug-likeness (QED) is 0.354. The van der Waals surface area contributed by atoms with E-state index in [4.69, 9.17) is 10.7 Å². The van der Waals surface area contributed by atoms with Crippen LogP contribution in [0.3, 0.4) is 0 Å². The van der Waals surface area contributed by atoms with Crippen molar-refractivity contribution in [2.75, 3.05) is 0 Å². The molecule has 5 nitrogen and oxygen atoms in total. The predicted octanol–water partition coefficient (Wildman–Crippen LogP) is 5.33. The molecule has 1 atom stereocenters. The number of nitrogens with two attached hydrogens (primary N) is 1. The van der Waals surface area contributed by atoms with Gasteiger partial charge in [-0.05, 0) is 73.2 Å². The summed E-state index contributed by atoms with van der Waals surface area (Å²) >= 11 is 0. The van der Waals surface area contributed by atoms with Crippen LogP contribution in [0.5, 0.6) is 0 Å². The van der Waals surface area contributed by atoms with Gasteiger partial charge in [0, 0.05) is 27.6 Å². The molecule has 2 aliphatic heterocycles. The van der Waals surface area contributed by atoms with E-state index >= 15 is 0 Å². The number of aromatic nitrogens is 4. The van der Waals surface area contributed by atoms with Crippen LogP contribution in [-0.4, -0.2) is 19.9 Å². The van der Waals surface area contributed by atoms with Crippen LogP contribution in [0.4, 0.5) is 0 Å². The van der Waals surface area contributed by atoms with Crippen molar-refractivity contribution in [2.45, 2.75) is 12.0 Å². The van der Waals surface area contributed by atoms with Crippen LogP contribution in [-0.2, 0) is 5.54 Å². The summed E-state index contributed by atoms with van der Waals surface area (Å²) in [5.74, 6) is 0. The van der Waals surface area contributed by atoms with Crippen LogP contribution in [0.15, 0.2) is 66.8 Å². The van der Waals surface area contributed by atoms with Crippen molar-refractivity contribution in [3.8, 4) is 0 Å². The van der Waals surface area contributed by atoms with Crippen LogP contribution in [0.2, 0.25) is 0 Å². The van der Waals surface area contributed by atoms with Crippen molar-refractivity contribution in [3.05, 3.63) is 95.1 Å². The van der Waals surface area contributed by atoms with Gasteiger partial charge >= 0.3 is 0 Å². The van der Waals surface area contributed by atoms with Crippen LogP contribution in [0, 0.1) is 0 Å². The summed E-state index contributed by atoms with van der Waals surface area (Å²) in [5, 5.41) is 0. The molecule has 1 aliphatic carbocycles. The van der Waals surface area contributed by atoms with Gasteiger partial charge in [0.25, 0.3) is 0 Å². The maximum atomic E-state index is 6.81. The third kappa shape index (κ3) is 3.35. The second-order valence-electron chi connectivity index (χ2n) is 8.12. The summed E-state index contributed by atoms with van der Waals surface area (Å²) in [4.78, 5) is 16.4. The Morgan fingerprint density at radius 2 is 1.39 bits per heavy atom. The first-order valence-corrected chi connectivity index (χ1v) is 10.4. The summed E-state index contributed by atoms with van der Waals surface area (Å²) in [6.07, 6.45) is 17.0. The molecule has 150 valence electrons. The number of fused-ring (bicyclic) bond motifs is 8. The molecule has 31 heavy (non-hydrogen) atoms. The summed E-state index contributed by atoms with van der Waals surface area (Å²) in [7, 11) is 0. The molecule has 1 unspecified atom stereocenters. The number of H-pyrrole nitrogens is 2. The largest absolute Gasteiger partial charge is 0.355 e. The Balaban J connectivity index is 1.66. The molecule has 0 saturated carbocycles. The number of nitrogens with one attached hydrogen (secondary N) is 2. The van der Waals surface area contributed by atoms with Gasteiger partial charge in [0.15, 0.2) is 0 Å². The first-order chi connectivity index (χ1) is 15.1. The molecule has 3 aromatic rings. The van der Waals surface area contributed by atoms with Gasteiger partial charge in [-0.3, -0.25) is 0 Å². The maximum absolute atomic E-state index is 6.81. The minimum atomic E-state index is -0.558. The van der Waals surface area contributed by atoms with Gasteiger partial charge in [-0.2, -0.15) is 0 Å². The molecule has 0 spiro atoms. The molecule has 0 saturated heterocycles. The van der Waals surface area contributed by atoms with E-state index in [9.17, 15) is 0 Å². The fourth-order valence-corrected chi connectivity index (χ4v) is 4.24. The number of nitrogens with zero attached hydrogens (tertiary/aromatic N) is 2. The van der Waals surface area contributed by atoms with Crippen LogP contribution in [0.1, 0.15) is 34.8 Å². The number of hydrogen-bond acceptors (Lipinski definition) is 3. The molecule has 4 N–H and O–H groups in total. The van der Waals surface area contributed by atoms with Crippen molar-refractivity contribution in [1.82, 2.24) is 19.9 Å². The van der Waals surface area contributed by atoms with Gasteiger partial charge in [0.1, 0.15) is 0 Å². The molecule has 3 aromatic heterocycles. The molecule has 3 aliphatic rings. The highest BCUT2D eigenvalue weighted by atomic mass is 14.8. The summed E-state index contributed by atoms with van der Waals surface area (Å²) < 4.78 is 0. The maximum Gasteiger partial charge on any atom is 0.0659 e. The standard InChI is InChI=1S/C26H21N5/c27-26(10-2-1-3-11-26)24-15-23-14-21-7-6-19(29-21)12-17-4-5-18(28-17)13-20-8-9-22(30-20)16-25(24)31-23/h1-10,12-16,29,31H,11,27H2. The van der Waals surface area contributed by atoms with Crippen molar-refractivity contribution in [1.29, 1.82) is 0 Å². The highest BCUT2D eigenvalue weighted by Crippen LogP contribution is 2.32. The normalized spacial score (nSPS) is 19.3. The Labute approximate surface area is 179 Å². The van der Waals surface area contributed by atoms with Gasteiger partial charge < -0.3 is 15.7 Å². The van der Waals surface area contributed by atoms with Crippen molar-refractivity contribution in [3.63, 3.8) is 0 Å². The molecule has 5 heterocycles. The van der Waals surface area contributed by atoms with Gasteiger partial charge in [0.2, 0.25) is 0 Å². The first kappa shape index (κ1) is 17.9. The van der Waals surface area contributed by atoms with E-state index in [0.717, 1.165) is 56.8 Å². The van der Waals surface area contributed by atoms with E-state index in [2.05, 4.69) is 57.4 Å². The summed E-state index contributed by atoms with van der Waals surface area (Å²) in [6.45, 7) is 0. The Kier molecular flexibility index (Phi) is 3.91. The number of rotatable bonds is 1. The monoisotopic (exact) mass is 403 g/mol. The highest BCUT2D eigenvalue weighted by molar-refractivity contribution is 5.79. The minimum absolute atomic E-state index is 0.558. The number of allylic oxidation sites excluding steroid dienone is 2. The second kappa shape index (κ2) is 6.79. The average molecular weight is 403 g/mol. The fourth-order valence-electron chi connectivity index (χ4n) is 4.24. The average Bonchev–Trinajstić information content (AvgIpc) is 3.53. The molecule has 8 bridgehead atoms. The second-order valence-corrected chi connectivity index (χ2v) is 8.12. The Morgan fingerprint density at radius 3 is 2.10 bits per heavy atom. The lowest BCUT2D eigenvalue weighted by Crippen LogP contribution is -2.34. The highest BCUT2D eigenvalue weighted by Gasteiger charge is 2.26. The zero-order valence-electron chi connectivity index (χ0n) is 16.8. The Morgan fingerprint density at radius 1 is 0.710 bits per heavy atom. The van der Waals surface area contributed by atoms with Gasteiger partial charge in [-0.1, -0.05) is 24.3 Å². The molecule has 0 fully saturated rings. The van der Waals surface area contributed by atoms with Crippen molar-refractivity contribution < 1.29 is 0 Å². The molecule has 0 aromatic carbocycles. The van der Waals surface area contributed by atoms with Gasteiger partial charge in [-0.25, -0.2) is 9.97 Å². The summed E-state index contributed by atoms with van der Waals surface area (Å²) in [6, 6.07) is 14.5. The molecule has 0 amide bonds. The number of aromatic amines is 2. The first-order valence-electron chi connectivity index (χ1n) is 10.4. The third-order valence-corrected chi connectivity index (χ3v) is 5.77. The lowest BCUT2D eigenvalue weighted by atomic mass is 9.85. The van der Waals surface area contributed by atoms with Crippen molar-refractivity contribution in [2.24, 2.45) is 5.73 Å². The zero-order chi connectivity index (χ0) is 20.8. The van der Waals surface area contributed by atoms with Crippen LogP contribution >= 0.6 is 0 Å². The molecule has 6 rings (SSSR count). The van der Waals surface area contributed by atoms with Crippen molar-refractivity contribution >= 4 is 46.4 Å². The van der Waals surface area contributed by atoms with E-state index in [1.54, 1.807) is 0 Å². The fraction of sp³-hybridized carbons (Fsp3) is 0.0769. The molecule has 5 heteroatoms. The zero-order valence-corrected chi connectivity index (χ0v) is 16.8. The van der Waals surface area contributed by atoms with Gasteiger partial charge in [0.05, 0.1) is 28.3 Å². The van der Waals surface area contributed by atoms with Crippen LogP contribution in [0.25, 0.3) is 46.4 Å². The molecular weight excluding hydrogens is 382 g/mol. The Hall–Kier alpha value is -3.96. The number of hydrogen-bond donors (Lipinski definition) is 3. The predicted molar refractivity (Wildman–Crippen MR) is 128 cm³/mol. The van der Waals surface area contributed by atoms with E-state index in [0.29, 0.717) is 0 Å². The van der Waals surface area contributed by atoms with Gasteiger partial charge in [-0.15, -0.1) is 0 Å². The van der Waals surface area contributed by atoms with E-state index < -0.39 is 5.54 Å². The van der Waals surface area contributed by atoms with E-state index in [1.807, 2.05) is 48.6 Å². The SMILES string of the molecule is NC1(c2cc3cc4ccc(cc5nc(cc6nc(cc2[nH]3)C=C6)C=C5)[nH]4)C=CC=CC1. The minimum Gasteiger partial charge on any atom is -0.355 e.